The fourth-order valence-electron chi connectivity index (χ4n) is 2.96. The van der Waals surface area contributed by atoms with E-state index in [0.29, 0.717) is 35.8 Å². The maximum atomic E-state index is 12.5. The number of hydrogen-bond acceptors (Lipinski definition) is 5. The molecule has 2 aromatic carbocycles. The average molecular weight is 386 g/mol. The van der Waals surface area contributed by atoms with Gasteiger partial charge in [-0.3, -0.25) is 4.79 Å². The van der Waals surface area contributed by atoms with Gasteiger partial charge in [-0.2, -0.15) is 0 Å². The zero-order chi connectivity index (χ0) is 19.0. The quantitative estimate of drug-likeness (QED) is 0.716. The third-order valence-corrected chi connectivity index (χ3v) is 5.74. The van der Waals surface area contributed by atoms with Crippen molar-refractivity contribution in [1.29, 1.82) is 0 Å². The van der Waals surface area contributed by atoms with Crippen molar-refractivity contribution in [2.45, 2.75) is 18.4 Å². The summed E-state index contributed by atoms with van der Waals surface area (Å²) in [6, 6.07) is 11.7. The molecular formula is C19H18N2O5S. The molecule has 0 fully saturated rings. The highest BCUT2D eigenvalue weighted by Gasteiger charge is 2.17. The summed E-state index contributed by atoms with van der Waals surface area (Å²) in [5, 5.41) is 0.739. The van der Waals surface area contributed by atoms with Crippen LogP contribution in [-0.2, 0) is 16.6 Å². The van der Waals surface area contributed by atoms with Crippen molar-refractivity contribution in [2.75, 3.05) is 13.2 Å². The third-order valence-electron chi connectivity index (χ3n) is 4.34. The van der Waals surface area contributed by atoms with Crippen LogP contribution in [-0.4, -0.2) is 26.6 Å². The summed E-state index contributed by atoms with van der Waals surface area (Å²) in [6.07, 6.45) is 0. The van der Waals surface area contributed by atoms with E-state index in [1.165, 1.54) is 6.07 Å². The van der Waals surface area contributed by atoms with Crippen molar-refractivity contribution >= 4 is 20.9 Å². The Bertz CT molecular complexity index is 1180. The molecule has 7 nitrogen and oxygen atoms in total. The fourth-order valence-corrected chi connectivity index (χ4v) is 4.07. The van der Waals surface area contributed by atoms with Gasteiger partial charge in [-0.1, -0.05) is 12.1 Å². The largest absolute Gasteiger partial charge is 0.486 e. The number of aromatic nitrogens is 1. The summed E-state index contributed by atoms with van der Waals surface area (Å²) in [5.41, 5.74) is 1.41. The number of rotatable bonds is 4. The van der Waals surface area contributed by atoms with Crippen LogP contribution in [0, 0.1) is 6.92 Å². The van der Waals surface area contributed by atoms with E-state index in [1.807, 2.05) is 13.0 Å². The first-order valence-electron chi connectivity index (χ1n) is 8.44. The van der Waals surface area contributed by atoms with Gasteiger partial charge in [-0.25, -0.2) is 13.1 Å². The highest BCUT2D eigenvalue weighted by atomic mass is 32.2. The predicted molar refractivity (Wildman–Crippen MR) is 101 cm³/mol. The van der Waals surface area contributed by atoms with Crippen molar-refractivity contribution in [2.24, 2.45) is 0 Å². The van der Waals surface area contributed by atoms with Crippen molar-refractivity contribution in [1.82, 2.24) is 9.71 Å². The molecule has 0 saturated heterocycles. The van der Waals surface area contributed by atoms with Gasteiger partial charge in [0.15, 0.2) is 11.5 Å². The number of benzene rings is 2. The lowest BCUT2D eigenvalue weighted by atomic mass is 10.1. The molecule has 0 atom stereocenters. The summed E-state index contributed by atoms with van der Waals surface area (Å²) in [7, 11) is -3.71. The van der Waals surface area contributed by atoms with Crippen LogP contribution < -0.4 is 19.8 Å². The van der Waals surface area contributed by atoms with Gasteiger partial charge in [-0.15, -0.1) is 0 Å². The number of fused-ring (bicyclic) bond motifs is 2. The molecule has 0 radical (unpaired) electrons. The molecule has 0 spiro atoms. The Morgan fingerprint density at radius 3 is 2.56 bits per heavy atom. The lowest BCUT2D eigenvalue weighted by molar-refractivity contribution is 0.172. The van der Waals surface area contributed by atoms with Gasteiger partial charge < -0.3 is 14.5 Å². The second kappa shape index (κ2) is 6.71. The Balaban J connectivity index is 1.64. The van der Waals surface area contributed by atoms with Crippen LogP contribution in [0.1, 0.15) is 11.1 Å². The summed E-state index contributed by atoms with van der Waals surface area (Å²) in [6.45, 7) is 2.63. The molecule has 2 heterocycles. The molecule has 1 aromatic heterocycles. The highest BCUT2D eigenvalue weighted by molar-refractivity contribution is 7.89. The first-order chi connectivity index (χ1) is 12.9. The number of sulfonamides is 1. The molecule has 4 rings (SSSR count). The minimum Gasteiger partial charge on any atom is -0.486 e. The molecule has 2 N–H and O–H groups in total. The number of aromatic amines is 1. The molecule has 27 heavy (non-hydrogen) atoms. The molecule has 1 aliphatic heterocycles. The molecular weight excluding hydrogens is 368 g/mol. The van der Waals surface area contributed by atoms with Crippen molar-refractivity contribution < 1.29 is 17.9 Å². The minimum absolute atomic E-state index is 0.115. The molecule has 0 bridgehead atoms. The van der Waals surface area contributed by atoms with Gasteiger partial charge in [0.05, 0.1) is 10.4 Å². The van der Waals surface area contributed by atoms with E-state index >= 15 is 0 Å². The number of aryl methyl sites for hydroxylation is 1. The maximum Gasteiger partial charge on any atom is 0.252 e. The number of H-pyrrole nitrogens is 1. The number of pyridine rings is 1. The summed E-state index contributed by atoms with van der Waals surface area (Å²) in [5.74, 6) is 1.18. The zero-order valence-electron chi connectivity index (χ0n) is 14.6. The first-order valence-corrected chi connectivity index (χ1v) is 9.92. The van der Waals surface area contributed by atoms with E-state index in [-0.39, 0.29) is 17.0 Å². The maximum absolute atomic E-state index is 12.5. The van der Waals surface area contributed by atoms with E-state index in [0.717, 1.165) is 10.9 Å². The average Bonchev–Trinajstić information content (AvgIpc) is 2.65. The van der Waals surface area contributed by atoms with Gasteiger partial charge in [0.25, 0.3) is 5.56 Å². The van der Waals surface area contributed by atoms with Crippen LogP contribution in [0.2, 0.25) is 0 Å². The minimum atomic E-state index is -3.71. The molecule has 0 saturated carbocycles. The number of ether oxygens (including phenoxy) is 2. The summed E-state index contributed by atoms with van der Waals surface area (Å²) in [4.78, 5) is 15.3. The molecule has 8 heteroatoms. The third kappa shape index (κ3) is 3.54. The second-order valence-electron chi connectivity index (χ2n) is 6.35. The lowest BCUT2D eigenvalue weighted by Crippen LogP contribution is -2.27. The van der Waals surface area contributed by atoms with Gasteiger partial charge in [-0.05, 0) is 36.8 Å². The van der Waals surface area contributed by atoms with Crippen LogP contribution >= 0.6 is 0 Å². The normalized spacial score (nSPS) is 13.7. The van der Waals surface area contributed by atoms with Crippen LogP contribution in [0.15, 0.2) is 52.2 Å². The van der Waals surface area contributed by atoms with Gasteiger partial charge in [0.2, 0.25) is 10.0 Å². The SMILES string of the molecule is Cc1cccc(S(=O)(=O)NCc2cc3cc4c(cc3[nH]c2=O)OCCO4)c1. The Labute approximate surface area is 156 Å². The number of hydrogen-bond donors (Lipinski definition) is 2. The van der Waals surface area contributed by atoms with Gasteiger partial charge in [0.1, 0.15) is 13.2 Å². The lowest BCUT2D eigenvalue weighted by Gasteiger charge is -2.18. The monoisotopic (exact) mass is 386 g/mol. The Morgan fingerprint density at radius 2 is 1.81 bits per heavy atom. The first kappa shape index (κ1) is 17.6. The molecule has 0 unspecified atom stereocenters. The van der Waals surface area contributed by atoms with E-state index < -0.39 is 10.0 Å². The Morgan fingerprint density at radius 1 is 1.07 bits per heavy atom. The molecule has 140 valence electrons. The molecule has 1 aliphatic rings. The van der Waals surface area contributed by atoms with Crippen LogP contribution in [0.3, 0.4) is 0 Å². The van der Waals surface area contributed by atoms with Crippen LogP contribution in [0.5, 0.6) is 11.5 Å². The van der Waals surface area contributed by atoms with Crippen molar-refractivity contribution in [3.8, 4) is 11.5 Å². The van der Waals surface area contributed by atoms with Gasteiger partial charge >= 0.3 is 0 Å². The summed E-state index contributed by atoms with van der Waals surface area (Å²) < 4.78 is 38.5. The van der Waals surface area contributed by atoms with Crippen molar-refractivity contribution in [3.05, 3.63) is 63.9 Å². The van der Waals surface area contributed by atoms with E-state index in [9.17, 15) is 13.2 Å². The predicted octanol–water partition coefficient (Wildman–Crippen LogP) is 2.09. The van der Waals surface area contributed by atoms with Crippen molar-refractivity contribution in [3.63, 3.8) is 0 Å². The molecule has 0 aliphatic carbocycles. The topological polar surface area (TPSA) is 97.5 Å². The van der Waals surface area contributed by atoms with E-state index in [1.54, 1.807) is 30.3 Å². The zero-order valence-corrected chi connectivity index (χ0v) is 15.4. The Hall–Kier alpha value is -2.84. The van der Waals surface area contributed by atoms with Crippen LogP contribution in [0.4, 0.5) is 0 Å². The van der Waals surface area contributed by atoms with Gasteiger partial charge in [0, 0.05) is 23.6 Å². The van der Waals surface area contributed by atoms with Crippen LogP contribution in [0.25, 0.3) is 10.9 Å². The second-order valence-corrected chi connectivity index (χ2v) is 8.11. The molecule has 0 amide bonds. The summed E-state index contributed by atoms with van der Waals surface area (Å²) >= 11 is 0. The Kier molecular flexibility index (Phi) is 4.37. The van der Waals surface area contributed by atoms with E-state index in [4.69, 9.17) is 9.47 Å². The highest BCUT2D eigenvalue weighted by Crippen LogP contribution is 2.33. The smallest absolute Gasteiger partial charge is 0.252 e. The molecule has 3 aromatic rings. The van der Waals surface area contributed by atoms with E-state index in [2.05, 4.69) is 9.71 Å². The standard InChI is InChI=1S/C19H18N2O5S/c1-12-3-2-4-15(7-12)27(23,24)20-11-14-8-13-9-17-18(26-6-5-25-17)10-16(13)21-19(14)22/h2-4,7-10,20H,5-6,11H2,1H3,(H,21,22). The fraction of sp³-hybridized carbons (Fsp3) is 0.211. The number of nitrogens with one attached hydrogen (secondary N) is 2.